The van der Waals surface area contributed by atoms with Crippen LogP contribution in [0.15, 0.2) is 29.4 Å². The minimum atomic E-state index is 0. The van der Waals surface area contributed by atoms with Crippen LogP contribution in [0.4, 0.5) is 0 Å². The summed E-state index contributed by atoms with van der Waals surface area (Å²) < 4.78 is 0. The Balaban J connectivity index is 0.00000242. The number of aromatic nitrogens is 1. The van der Waals surface area contributed by atoms with E-state index in [0.717, 1.165) is 37.0 Å². The van der Waals surface area contributed by atoms with Gasteiger partial charge in [0, 0.05) is 31.4 Å². The molecule has 1 aliphatic rings. The second-order valence-corrected chi connectivity index (χ2v) is 6.19. The van der Waals surface area contributed by atoms with E-state index in [-0.39, 0.29) is 24.0 Å². The predicted octanol–water partition coefficient (Wildman–Crippen LogP) is 3.36. The molecule has 1 aromatic heterocycles. The Labute approximate surface area is 151 Å². The zero-order chi connectivity index (χ0) is 14.9. The lowest BCUT2D eigenvalue weighted by atomic mass is 9.81. The lowest BCUT2D eigenvalue weighted by Gasteiger charge is -2.26. The third kappa shape index (κ3) is 7.42. The molecule has 5 heteroatoms. The van der Waals surface area contributed by atoms with Gasteiger partial charge in [-0.2, -0.15) is 0 Å². The van der Waals surface area contributed by atoms with Crippen molar-refractivity contribution in [1.82, 2.24) is 10.3 Å². The summed E-state index contributed by atoms with van der Waals surface area (Å²) in [5.41, 5.74) is 6.98. The van der Waals surface area contributed by atoms with E-state index in [2.05, 4.69) is 22.2 Å². The molecule has 2 atom stereocenters. The molecule has 22 heavy (non-hydrogen) atoms. The maximum absolute atomic E-state index is 5.90. The first kappa shape index (κ1) is 19.2. The van der Waals surface area contributed by atoms with Crippen molar-refractivity contribution in [1.29, 1.82) is 0 Å². The molecule has 0 spiro atoms. The number of halogens is 1. The summed E-state index contributed by atoms with van der Waals surface area (Å²) in [5, 5.41) is 3.17. The molecule has 0 amide bonds. The molecule has 1 fully saturated rings. The summed E-state index contributed by atoms with van der Waals surface area (Å²) in [6.07, 6.45) is 9.38. The van der Waals surface area contributed by atoms with Gasteiger partial charge in [-0.25, -0.2) is 0 Å². The van der Waals surface area contributed by atoms with Crippen molar-refractivity contribution in [3.8, 4) is 0 Å². The van der Waals surface area contributed by atoms with Crippen LogP contribution in [0.5, 0.6) is 0 Å². The van der Waals surface area contributed by atoms with E-state index in [4.69, 9.17) is 5.73 Å². The molecule has 0 saturated heterocycles. The molecular formula is C17H29IN4. The van der Waals surface area contributed by atoms with Crippen molar-refractivity contribution >= 4 is 29.9 Å². The first-order valence-corrected chi connectivity index (χ1v) is 8.17. The summed E-state index contributed by atoms with van der Waals surface area (Å²) in [7, 11) is 0. The topological polar surface area (TPSA) is 63.3 Å². The van der Waals surface area contributed by atoms with Crippen molar-refractivity contribution < 1.29 is 0 Å². The number of hydrogen-bond donors (Lipinski definition) is 2. The average Bonchev–Trinajstić information content (AvgIpc) is 2.48. The van der Waals surface area contributed by atoms with Gasteiger partial charge in [-0.15, -0.1) is 24.0 Å². The normalized spacial score (nSPS) is 22.0. The number of pyridine rings is 1. The first-order valence-electron chi connectivity index (χ1n) is 8.17. The van der Waals surface area contributed by atoms with Gasteiger partial charge in [-0.3, -0.25) is 9.98 Å². The molecule has 0 aromatic carbocycles. The van der Waals surface area contributed by atoms with Crippen molar-refractivity contribution in [2.24, 2.45) is 22.6 Å². The van der Waals surface area contributed by atoms with Gasteiger partial charge < -0.3 is 11.1 Å². The SMILES string of the molecule is CC1CCCC(CCN=C(N)NCCc2ccccn2)C1.I. The highest BCUT2D eigenvalue weighted by Crippen LogP contribution is 2.30. The number of rotatable bonds is 6. The van der Waals surface area contributed by atoms with Crippen molar-refractivity contribution in [3.05, 3.63) is 30.1 Å². The zero-order valence-corrected chi connectivity index (χ0v) is 15.8. The van der Waals surface area contributed by atoms with Gasteiger partial charge in [-0.05, 0) is 36.8 Å². The standard InChI is InChI=1S/C17H28N4.HI/c1-14-5-4-6-15(13-14)8-11-20-17(18)21-12-9-16-7-2-3-10-19-16;/h2-3,7,10,14-15H,4-6,8-9,11-13H2,1H3,(H3,18,20,21);1H. The molecule has 0 radical (unpaired) electrons. The smallest absolute Gasteiger partial charge is 0.188 e. The fourth-order valence-electron chi connectivity index (χ4n) is 3.11. The van der Waals surface area contributed by atoms with Crippen LogP contribution in [0.25, 0.3) is 0 Å². The minimum Gasteiger partial charge on any atom is -0.370 e. The monoisotopic (exact) mass is 416 g/mol. The van der Waals surface area contributed by atoms with E-state index < -0.39 is 0 Å². The van der Waals surface area contributed by atoms with E-state index in [1.165, 1.54) is 32.1 Å². The van der Waals surface area contributed by atoms with Crippen molar-refractivity contribution in [3.63, 3.8) is 0 Å². The Kier molecular flexibility index (Phi) is 9.43. The van der Waals surface area contributed by atoms with E-state index in [0.29, 0.717) is 5.96 Å². The van der Waals surface area contributed by atoms with E-state index in [1.807, 2.05) is 24.4 Å². The zero-order valence-electron chi connectivity index (χ0n) is 13.5. The molecule has 0 bridgehead atoms. The van der Waals surface area contributed by atoms with Crippen LogP contribution in [-0.2, 0) is 6.42 Å². The Bertz CT molecular complexity index is 436. The number of guanidine groups is 1. The maximum atomic E-state index is 5.90. The average molecular weight is 416 g/mol. The van der Waals surface area contributed by atoms with Gasteiger partial charge in [0.1, 0.15) is 0 Å². The van der Waals surface area contributed by atoms with E-state index >= 15 is 0 Å². The second-order valence-electron chi connectivity index (χ2n) is 6.19. The van der Waals surface area contributed by atoms with Crippen LogP contribution in [0.3, 0.4) is 0 Å². The molecular weight excluding hydrogens is 387 g/mol. The highest BCUT2D eigenvalue weighted by molar-refractivity contribution is 14.0. The van der Waals surface area contributed by atoms with Gasteiger partial charge >= 0.3 is 0 Å². The molecule has 1 heterocycles. The molecule has 1 aliphatic carbocycles. The van der Waals surface area contributed by atoms with Crippen LogP contribution in [0.2, 0.25) is 0 Å². The number of nitrogens with two attached hydrogens (primary N) is 1. The van der Waals surface area contributed by atoms with Gasteiger partial charge in [0.05, 0.1) is 0 Å². The molecule has 1 saturated carbocycles. The largest absolute Gasteiger partial charge is 0.370 e. The second kappa shape index (κ2) is 10.8. The molecule has 124 valence electrons. The molecule has 0 aliphatic heterocycles. The fraction of sp³-hybridized carbons (Fsp3) is 0.647. The first-order chi connectivity index (χ1) is 10.2. The molecule has 3 N–H and O–H groups in total. The molecule has 2 unspecified atom stereocenters. The Hall–Kier alpha value is -0.850. The quantitative estimate of drug-likeness (QED) is 0.425. The lowest BCUT2D eigenvalue weighted by molar-refractivity contribution is 0.273. The van der Waals surface area contributed by atoms with Gasteiger partial charge in [0.25, 0.3) is 0 Å². The Morgan fingerprint density at radius 2 is 2.27 bits per heavy atom. The predicted molar refractivity (Wildman–Crippen MR) is 104 cm³/mol. The third-order valence-electron chi connectivity index (χ3n) is 4.28. The van der Waals surface area contributed by atoms with Crippen LogP contribution in [0.1, 0.15) is 44.7 Å². The third-order valence-corrected chi connectivity index (χ3v) is 4.28. The van der Waals surface area contributed by atoms with Crippen molar-refractivity contribution in [2.75, 3.05) is 13.1 Å². The summed E-state index contributed by atoms with van der Waals surface area (Å²) in [6.45, 7) is 4.00. The van der Waals surface area contributed by atoms with Gasteiger partial charge in [0.2, 0.25) is 0 Å². The van der Waals surface area contributed by atoms with E-state index in [9.17, 15) is 0 Å². The molecule has 2 rings (SSSR count). The van der Waals surface area contributed by atoms with Crippen LogP contribution in [-0.4, -0.2) is 24.0 Å². The number of aliphatic imine (C=N–C) groups is 1. The Morgan fingerprint density at radius 3 is 3.00 bits per heavy atom. The molecule has 4 nitrogen and oxygen atoms in total. The fourth-order valence-corrected chi connectivity index (χ4v) is 3.11. The van der Waals surface area contributed by atoms with Gasteiger partial charge in [-0.1, -0.05) is 32.3 Å². The summed E-state index contributed by atoms with van der Waals surface area (Å²) in [5.74, 6) is 2.30. The highest BCUT2D eigenvalue weighted by Gasteiger charge is 2.18. The van der Waals surface area contributed by atoms with Crippen molar-refractivity contribution in [2.45, 2.75) is 45.4 Å². The summed E-state index contributed by atoms with van der Waals surface area (Å²) in [6, 6.07) is 5.96. The number of nitrogens with zero attached hydrogens (tertiary/aromatic N) is 2. The van der Waals surface area contributed by atoms with Crippen LogP contribution in [0, 0.1) is 11.8 Å². The number of nitrogens with one attached hydrogen (secondary N) is 1. The van der Waals surface area contributed by atoms with Crippen LogP contribution >= 0.6 is 24.0 Å². The summed E-state index contributed by atoms with van der Waals surface area (Å²) in [4.78, 5) is 8.72. The van der Waals surface area contributed by atoms with Gasteiger partial charge in [0.15, 0.2) is 5.96 Å². The maximum Gasteiger partial charge on any atom is 0.188 e. The number of hydrogen-bond acceptors (Lipinski definition) is 2. The summed E-state index contributed by atoms with van der Waals surface area (Å²) >= 11 is 0. The molecule has 1 aromatic rings. The lowest BCUT2D eigenvalue weighted by Crippen LogP contribution is -2.33. The minimum absolute atomic E-state index is 0. The highest BCUT2D eigenvalue weighted by atomic mass is 127. The van der Waals surface area contributed by atoms with Crippen LogP contribution < -0.4 is 11.1 Å². The van der Waals surface area contributed by atoms with E-state index in [1.54, 1.807) is 0 Å². The Morgan fingerprint density at radius 1 is 1.41 bits per heavy atom.